The Morgan fingerprint density at radius 3 is 2.95 bits per heavy atom. The van der Waals surface area contributed by atoms with Crippen LogP contribution in [0.15, 0.2) is 30.7 Å². The first-order valence-corrected chi connectivity index (χ1v) is 6.53. The predicted octanol–water partition coefficient (Wildman–Crippen LogP) is 0.577. The van der Waals surface area contributed by atoms with Crippen molar-refractivity contribution in [3.05, 3.63) is 42.2 Å². The zero-order valence-electron chi connectivity index (χ0n) is 11.0. The summed E-state index contributed by atoms with van der Waals surface area (Å²) in [5.41, 5.74) is 7.19. The van der Waals surface area contributed by atoms with Crippen LogP contribution in [0.4, 0.5) is 0 Å². The van der Waals surface area contributed by atoms with E-state index in [0.29, 0.717) is 0 Å². The molecule has 1 aliphatic heterocycles. The molecule has 2 aromatic rings. The van der Waals surface area contributed by atoms with Crippen molar-refractivity contribution in [1.29, 1.82) is 0 Å². The van der Waals surface area contributed by atoms with Crippen LogP contribution < -0.4 is 5.73 Å². The van der Waals surface area contributed by atoms with Gasteiger partial charge in [-0.1, -0.05) is 6.07 Å². The van der Waals surface area contributed by atoms with Crippen molar-refractivity contribution in [1.82, 2.24) is 24.6 Å². The number of aromatic nitrogens is 4. The lowest BCUT2D eigenvalue weighted by Gasteiger charge is -2.36. The minimum absolute atomic E-state index is 0.0179. The van der Waals surface area contributed by atoms with E-state index in [1.165, 1.54) is 0 Å². The number of fused-ring (bicyclic) bond motifs is 1. The topological polar surface area (TPSA) is 72.9 Å². The van der Waals surface area contributed by atoms with E-state index in [9.17, 15) is 0 Å². The first-order chi connectivity index (χ1) is 9.25. The zero-order valence-corrected chi connectivity index (χ0v) is 11.0. The summed E-state index contributed by atoms with van der Waals surface area (Å²) in [7, 11) is 0. The molecule has 2 unspecified atom stereocenters. The predicted molar refractivity (Wildman–Crippen MR) is 71.1 cm³/mol. The number of rotatable bonds is 3. The van der Waals surface area contributed by atoms with Crippen LogP contribution in [0, 0.1) is 0 Å². The number of nitrogens with zero attached hydrogens (tertiary/aromatic N) is 5. The van der Waals surface area contributed by atoms with E-state index in [1.54, 1.807) is 6.33 Å². The fourth-order valence-corrected chi connectivity index (χ4v) is 2.66. The summed E-state index contributed by atoms with van der Waals surface area (Å²) in [6.07, 6.45) is 3.60. The lowest BCUT2D eigenvalue weighted by atomic mass is 10.0. The summed E-state index contributed by atoms with van der Waals surface area (Å²) in [4.78, 5) is 6.79. The number of hydrogen-bond acceptors (Lipinski definition) is 5. The van der Waals surface area contributed by atoms with Gasteiger partial charge >= 0.3 is 0 Å². The Kier molecular flexibility index (Phi) is 3.27. The Hall–Kier alpha value is -1.79. The van der Waals surface area contributed by atoms with Gasteiger partial charge in [-0.15, -0.1) is 10.2 Å². The molecular formula is C13H18N6. The second-order valence-corrected chi connectivity index (χ2v) is 4.97. The third-order valence-corrected chi connectivity index (χ3v) is 3.55. The monoisotopic (exact) mass is 258 g/mol. The molecule has 2 aromatic heterocycles. The fourth-order valence-electron chi connectivity index (χ4n) is 2.66. The van der Waals surface area contributed by atoms with Gasteiger partial charge in [0, 0.05) is 25.3 Å². The second-order valence-electron chi connectivity index (χ2n) is 4.97. The number of hydrogen-bond donors (Lipinski definition) is 1. The highest BCUT2D eigenvalue weighted by Gasteiger charge is 2.28. The number of pyridine rings is 1. The molecule has 6 nitrogen and oxygen atoms in total. The first-order valence-electron chi connectivity index (χ1n) is 6.53. The molecule has 0 bridgehead atoms. The molecule has 3 heterocycles. The molecule has 0 amide bonds. The Morgan fingerprint density at radius 2 is 2.21 bits per heavy atom. The fraction of sp³-hybridized carbons (Fsp3) is 0.462. The average Bonchev–Trinajstić information content (AvgIpc) is 2.87. The van der Waals surface area contributed by atoms with Crippen LogP contribution in [0.25, 0.3) is 0 Å². The molecule has 0 aromatic carbocycles. The first kappa shape index (κ1) is 12.3. The Balaban J connectivity index is 1.87. The van der Waals surface area contributed by atoms with Gasteiger partial charge in [-0.25, -0.2) is 0 Å². The highest BCUT2D eigenvalue weighted by atomic mass is 15.3. The molecular weight excluding hydrogens is 240 g/mol. The van der Waals surface area contributed by atoms with Crippen molar-refractivity contribution in [2.45, 2.75) is 32.1 Å². The van der Waals surface area contributed by atoms with Gasteiger partial charge in [0.25, 0.3) is 0 Å². The van der Waals surface area contributed by atoms with Gasteiger partial charge in [0.2, 0.25) is 0 Å². The minimum Gasteiger partial charge on any atom is -0.326 e. The van der Waals surface area contributed by atoms with E-state index >= 15 is 0 Å². The maximum atomic E-state index is 6.17. The van der Waals surface area contributed by atoms with Gasteiger partial charge in [-0.2, -0.15) is 0 Å². The van der Waals surface area contributed by atoms with E-state index in [1.807, 2.05) is 31.3 Å². The molecule has 3 rings (SSSR count). The molecule has 0 spiro atoms. The lowest BCUT2D eigenvalue weighted by molar-refractivity contribution is 0.133. The Labute approximate surface area is 112 Å². The SMILES string of the molecule is CC(N)C(c1ccccn1)N1CCn2cnnc2C1. The van der Waals surface area contributed by atoms with Gasteiger partial charge in [-0.3, -0.25) is 9.88 Å². The highest BCUT2D eigenvalue weighted by Crippen LogP contribution is 2.25. The molecule has 2 N–H and O–H groups in total. The molecule has 0 saturated heterocycles. The van der Waals surface area contributed by atoms with Gasteiger partial charge < -0.3 is 10.3 Å². The van der Waals surface area contributed by atoms with Crippen LogP contribution in [0.1, 0.15) is 24.5 Å². The molecule has 6 heteroatoms. The van der Waals surface area contributed by atoms with E-state index in [-0.39, 0.29) is 12.1 Å². The average molecular weight is 258 g/mol. The summed E-state index contributed by atoms with van der Waals surface area (Å²) >= 11 is 0. The maximum absolute atomic E-state index is 6.17. The normalized spacial score (nSPS) is 18.8. The molecule has 0 fully saturated rings. The summed E-state index contributed by atoms with van der Waals surface area (Å²) in [5.74, 6) is 0.993. The van der Waals surface area contributed by atoms with Crippen molar-refractivity contribution >= 4 is 0 Å². The standard InChI is InChI=1S/C13H18N6/c1-10(14)13(11-4-2-3-5-15-11)18-6-7-19-9-16-17-12(19)8-18/h2-5,9-10,13H,6-8,14H2,1H3. The summed E-state index contributed by atoms with van der Waals surface area (Å²) in [6, 6.07) is 6.10. The minimum atomic E-state index is 0.0179. The Morgan fingerprint density at radius 1 is 1.32 bits per heavy atom. The summed E-state index contributed by atoms with van der Waals surface area (Å²) in [6.45, 7) is 4.63. The van der Waals surface area contributed by atoms with Crippen LogP contribution in [-0.4, -0.2) is 37.2 Å². The smallest absolute Gasteiger partial charge is 0.147 e. The van der Waals surface area contributed by atoms with Gasteiger partial charge in [0.15, 0.2) is 0 Å². The van der Waals surface area contributed by atoms with Crippen molar-refractivity contribution in [2.24, 2.45) is 5.73 Å². The molecule has 2 atom stereocenters. The van der Waals surface area contributed by atoms with E-state index in [4.69, 9.17) is 5.73 Å². The van der Waals surface area contributed by atoms with Crippen LogP contribution in [-0.2, 0) is 13.1 Å². The quantitative estimate of drug-likeness (QED) is 0.871. The third kappa shape index (κ3) is 2.36. The maximum Gasteiger partial charge on any atom is 0.147 e. The summed E-state index contributed by atoms with van der Waals surface area (Å²) in [5, 5.41) is 8.11. The second kappa shape index (κ2) is 5.07. The van der Waals surface area contributed by atoms with Crippen molar-refractivity contribution in [3.63, 3.8) is 0 Å². The Bertz CT molecular complexity index is 535. The molecule has 0 radical (unpaired) electrons. The molecule has 100 valence electrons. The molecule has 19 heavy (non-hydrogen) atoms. The van der Waals surface area contributed by atoms with E-state index in [2.05, 4.69) is 24.6 Å². The van der Waals surface area contributed by atoms with Gasteiger partial charge in [-0.05, 0) is 19.1 Å². The van der Waals surface area contributed by atoms with Crippen molar-refractivity contribution in [2.75, 3.05) is 6.54 Å². The third-order valence-electron chi connectivity index (χ3n) is 3.55. The highest BCUT2D eigenvalue weighted by molar-refractivity contribution is 5.12. The zero-order chi connectivity index (χ0) is 13.2. The van der Waals surface area contributed by atoms with E-state index in [0.717, 1.165) is 31.2 Å². The number of nitrogens with two attached hydrogens (primary N) is 1. The van der Waals surface area contributed by atoms with Gasteiger partial charge in [0.05, 0.1) is 18.3 Å². The van der Waals surface area contributed by atoms with Crippen molar-refractivity contribution < 1.29 is 0 Å². The lowest BCUT2D eigenvalue weighted by Crippen LogP contribution is -2.43. The summed E-state index contributed by atoms with van der Waals surface area (Å²) < 4.78 is 2.09. The van der Waals surface area contributed by atoms with E-state index < -0.39 is 0 Å². The van der Waals surface area contributed by atoms with Crippen LogP contribution in [0.3, 0.4) is 0 Å². The van der Waals surface area contributed by atoms with Crippen LogP contribution in [0.5, 0.6) is 0 Å². The van der Waals surface area contributed by atoms with Crippen LogP contribution in [0.2, 0.25) is 0 Å². The van der Waals surface area contributed by atoms with Gasteiger partial charge in [0.1, 0.15) is 12.2 Å². The van der Waals surface area contributed by atoms with Crippen LogP contribution >= 0.6 is 0 Å². The van der Waals surface area contributed by atoms with Crippen molar-refractivity contribution in [3.8, 4) is 0 Å². The molecule has 0 aliphatic carbocycles. The molecule has 0 saturated carbocycles. The molecule has 1 aliphatic rings. The largest absolute Gasteiger partial charge is 0.326 e.